The van der Waals surface area contributed by atoms with Crippen molar-refractivity contribution < 1.29 is 9.53 Å². The number of likely N-dealkylation sites (N-methyl/N-ethyl adjacent to an activating group) is 1. The van der Waals surface area contributed by atoms with Crippen molar-refractivity contribution in [2.75, 3.05) is 24.4 Å². The predicted octanol–water partition coefficient (Wildman–Crippen LogP) is 4.71. The van der Waals surface area contributed by atoms with Crippen LogP contribution in [-0.2, 0) is 16.8 Å². The lowest BCUT2D eigenvalue weighted by Gasteiger charge is -2.14. The van der Waals surface area contributed by atoms with Gasteiger partial charge < -0.3 is 20.4 Å². The molecule has 156 valence electrons. The van der Waals surface area contributed by atoms with Crippen LogP contribution in [0.2, 0.25) is 0 Å². The maximum absolute atomic E-state index is 13.2. The summed E-state index contributed by atoms with van der Waals surface area (Å²) in [5.74, 6) is 1.17. The van der Waals surface area contributed by atoms with Crippen molar-refractivity contribution in [1.29, 1.82) is 5.41 Å². The molecule has 5 nitrogen and oxygen atoms in total. The van der Waals surface area contributed by atoms with Gasteiger partial charge in [0.05, 0.1) is 12.5 Å². The van der Waals surface area contributed by atoms with E-state index in [9.17, 15) is 4.79 Å². The SMILES string of the molecule is COc1ccc(CNc2cc([C@@H]3C[C@@]34C(=O)N(C)c3ccccc34)ccc2C=N)cc1. The number of fused-ring (bicyclic) bond motifs is 2. The molecule has 2 atom stereocenters. The molecule has 1 amide bonds. The van der Waals surface area contributed by atoms with E-state index < -0.39 is 5.41 Å². The van der Waals surface area contributed by atoms with Gasteiger partial charge >= 0.3 is 0 Å². The number of para-hydroxylation sites is 1. The van der Waals surface area contributed by atoms with Gasteiger partial charge in [0.25, 0.3) is 0 Å². The van der Waals surface area contributed by atoms with Crippen LogP contribution in [0.3, 0.4) is 0 Å². The van der Waals surface area contributed by atoms with Crippen molar-refractivity contribution in [2.24, 2.45) is 0 Å². The summed E-state index contributed by atoms with van der Waals surface area (Å²) in [6.45, 7) is 0.647. The normalized spacial score (nSPS) is 21.2. The molecule has 2 aliphatic rings. The molecule has 1 aliphatic heterocycles. The Hall–Kier alpha value is -3.60. The second-order valence-corrected chi connectivity index (χ2v) is 8.30. The van der Waals surface area contributed by atoms with Crippen LogP contribution in [0, 0.1) is 5.41 Å². The second kappa shape index (κ2) is 7.27. The van der Waals surface area contributed by atoms with Crippen molar-refractivity contribution in [3.63, 3.8) is 0 Å². The fourth-order valence-corrected chi connectivity index (χ4v) is 4.88. The van der Waals surface area contributed by atoms with Crippen LogP contribution < -0.4 is 15.0 Å². The van der Waals surface area contributed by atoms with Gasteiger partial charge in [-0.25, -0.2) is 0 Å². The minimum atomic E-state index is -0.440. The predicted molar refractivity (Wildman–Crippen MR) is 124 cm³/mol. The summed E-state index contributed by atoms with van der Waals surface area (Å²) in [6, 6.07) is 22.2. The van der Waals surface area contributed by atoms with Gasteiger partial charge in [-0.1, -0.05) is 42.5 Å². The minimum Gasteiger partial charge on any atom is -0.497 e. The third-order valence-corrected chi connectivity index (χ3v) is 6.67. The molecule has 1 aliphatic carbocycles. The molecule has 3 aromatic carbocycles. The van der Waals surface area contributed by atoms with Crippen LogP contribution >= 0.6 is 0 Å². The number of carbonyl (C=O) groups excluding carboxylic acids is 1. The van der Waals surface area contributed by atoms with E-state index >= 15 is 0 Å². The number of ether oxygens (including phenoxy) is 1. The highest BCUT2D eigenvalue weighted by atomic mass is 16.5. The highest BCUT2D eigenvalue weighted by molar-refractivity contribution is 6.11. The van der Waals surface area contributed by atoms with E-state index in [0.29, 0.717) is 6.54 Å². The Bertz CT molecular complexity index is 1170. The first-order valence-corrected chi connectivity index (χ1v) is 10.5. The van der Waals surface area contributed by atoms with Crippen LogP contribution in [0.5, 0.6) is 5.75 Å². The summed E-state index contributed by atoms with van der Waals surface area (Å²) in [6.07, 6.45) is 2.20. The number of rotatable bonds is 6. The van der Waals surface area contributed by atoms with Crippen LogP contribution in [0.25, 0.3) is 0 Å². The quantitative estimate of drug-likeness (QED) is 0.578. The van der Waals surface area contributed by atoms with E-state index in [1.165, 1.54) is 6.21 Å². The highest BCUT2D eigenvalue weighted by Gasteiger charge is 2.66. The van der Waals surface area contributed by atoms with Crippen LogP contribution in [0.4, 0.5) is 11.4 Å². The maximum atomic E-state index is 13.2. The van der Waals surface area contributed by atoms with Gasteiger partial charge in [0.1, 0.15) is 5.75 Å². The van der Waals surface area contributed by atoms with Gasteiger partial charge in [-0.05, 0) is 47.4 Å². The molecular weight excluding hydrogens is 386 g/mol. The lowest BCUT2D eigenvalue weighted by Crippen LogP contribution is -2.29. The Morgan fingerprint density at radius 1 is 1.16 bits per heavy atom. The topological polar surface area (TPSA) is 65.4 Å². The lowest BCUT2D eigenvalue weighted by molar-refractivity contribution is -0.120. The van der Waals surface area contributed by atoms with Crippen molar-refractivity contribution in [2.45, 2.75) is 24.3 Å². The number of carbonyl (C=O) groups is 1. The van der Waals surface area contributed by atoms with E-state index in [1.54, 1.807) is 12.0 Å². The van der Waals surface area contributed by atoms with Crippen LogP contribution in [0.1, 0.15) is 34.6 Å². The lowest BCUT2D eigenvalue weighted by atomic mass is 9.91. The molecular formula is C26H25N3O2. The molecule has 1 fully saturated rings. The highest BCUT2D eigenvalue weighted by Crippen LogP contribution is 2.66. The largest absolute Gasteiger partial charge is 0.497 e. The molecule has 3 aromatic rings. The summed E-state index contributed by atoms with van der Waals surface area (Å²) in [5, 5.41) is 11.3. The number of nitrogens with zero attached hydrogens (tertiary/aromatic N) is 1. The van der Waals surface area contributed by atoms with E-state index in [0.717, 1.165) is 45.8 Å². The van der Waals surface area contributed by atoms with Crippen molar-refractivity contribution >= 4 is 23.5 Å². The Balaban J connectivity index is 1.42. The molecule has 1 saturated carbocycles. The Morgan fingerprint density at radius 2 is 1.94 bits per heavy atom. The molecule has 5 heteroatoms. The monoisotopic (exact) mass is 411 g/mol. The fourth-order valence-electron chi connectivity index (χ4n) is 4.88. The average molecular weight is 412 g/mol. The molecule has 2 N–H and O–H groups in total. The first-order valence-electron chi connectivity index (χ1n) is 10.5. The standard InChI is InChI=1S/C26H25N3O2/c1-29-24-6-4-3-5-21(24)26(25(29)30)14-22(26)18-9-10-19(15-27)23(13-18)28-16-17-7-11-20(31-2)12-8-17/h3-13,15,22,27-28H,14,16H2,1-2H3/t22-,26-/m0/s1. The zero-order valence-corrected chi connectivity index (χ0v) is 17.7. The first-order chi connectivity index (χ1) is 15.1. The van der Waals surface area contributed by atoms with Crippen LogP contribution in [0.15, 0.2) is 66.7 Å². The van der Waals surface area contributed by atoms with Crippen molar-refractivity contribution in [3.8, 4) is 5.75 Å². The molecule has 0 bridgehead atoms. The summed E-state index contributed by atoms with van der Waals surface area (Å²) in [4.78, 5) is 15.0. The third kappa shape index (κ3) is 3.00. The second-order valence-electron chi connectivity index (χ2n) is 8.30. The zero-order valence-electron chi connectivity index (χ0n) is 17.7. The smallest absolute Gasteiger partial charge is 0.238 e. The van der Waals surface area contributed by atoms with Crippen molar-refractivity contribution in [1.82, 2.24) is 0 Å². The van der Waals surface area contributed by atoms with Gasteiger partial charge in [0, 0.05) is 42.7 Å². The molecule has 31 heavy (non-hydrogen) atoms. The van der Waals surface area contributed by atoms with E-state index in [4.69, 9.17) is 10.1 Å². The van der Waals surface area contributed by atoms with Crippen LogP contribution in [-0.4, -0.2) is 26.3 Å². The Morgan fingerprint density at radius 3 is 2.68 bits per heavy atom. The van der Waals surface area contributed by atoms with Gasteiger partial charge in [-0.15, -0.1) is 0 Å². The molecule has 1 spiro atoms. The summed E-state index contributed by atoms with van der Waals surface area (Å²) in [7, 11) is 3.52. The molecule has 0 unspecified atom stereocenters. The Kier molecular flexibility index (Phi) is 4.54. The summed E-state index contributed by atoms with van der Waals surface area (Å²) in [5.41, 5.74) is 5.73. The van der Waals surface area contributed by atoms with E-state index in [2.05, 4.69) is 23.5 Å². The Labute approximate surface area is 182 Å². The van der Waals surface area contributed by atoms with Gasteiger partial charge in [0.2, 0.25) is 5.91 Å². The average Bonchev–Trinajstić information content (AvgIpc) is 3.54. The minimum absolute atomic E-state index is 0.160. The van der Waals surface area contributed by atoms with E-state index in [-0.39, 0.29) is 11.8 Å². The van der Waals surface area contributed by atoms with E-state index in [1.807, 2.05) is 55.6 Å². The summed E-state index contributed by atoms with van der Waals surface area (Å²) >= 11 is 0. The molecule has 0 radical (unpaired) electrons. The fraction of sp³-hybridized carbons (Fsp3) is 0.231. The number of methoxy groups -OCH3 is 1. The van der Waals surface area contributed by atoms with Gasteiger partial charge in [-0.2, -0.15) is 0 Å². The molecule has 5 rings (SSSR count). The zero-order chi connectivity index (χ0) is 21.6. The number of amides is 1. The number of hydrogen-bond acceptors (Lipinski definition) is 4. The molecule has 1 heterocycles. The van der Waals surface area contributed by atoms with Crippen molar-refractivity contribution in [3.05, 3.63) is 89.0 Å². The van der Waals surface area contributed by atoms with Gasteiger partial charge in [0.15, 0.2) is 0 Å². The first kappa shape index (κ1) is 19.4. The van der Waals surface area contributed by atoms with Gasteiger partial charge in [-0.3, -0.25) is 4.79 Å². The molecule has 0 saturated heterocycles. The molecule has 0 aromatic heterocycles. The maximum Gasteiger partial charge on any atom is 0.238 e. The number of nitrogens with one attached hydrogen (secondary N) is 2. The number of benzene rings is 3. The summed E-state index contributed by atoms with van der Waals surface area (Å²) < 4.78 is 5.22. The number of anilines is 2. The number of hydrogen-bond donors (Lipinski definition) is 2. The third-order valence-electron chi connectivity index (χ3n) is 6.67.